The van der Waals surface area contributed by atoms with Crippen LogP contribution in [-0.2, 0) is 20.9 Å². The van der Waals surface area contributed by atoms with Gasteiger partial charge in [-0.3, -0.25) is 19.7 Å². The molecule has 6 rings (SSSR count). The molecule has 0 fully saturated rings. The Balaban J connectivity index is 1.50. The zero-order valence-electron chi connectivity index (χ0n) is 22.7. The van der Waals surface area contributed by atoms with Crippen molar-refractivity contribution in [3.05, 3.63) is 98.5 Å². The minimum Gasteiger partial charge on any atom is -0.385 e. The zero-order valence-corrected chi connectivity index (χ0v) is 22.7. The van der Waals surface area contributed by atoms with Gasteiger partial charge in [0.1, 0.15) is 0 Å². The number of nitro groups is 1. The molecule has 1 aromatic heterocycles. The van der Waals surface area contributed by atoms with Crippen LogP contribution in [0.2, 0.25) is 0 Å². The fraction of sp³-hybridized carbons (Fsp3) is 0.375. The summed E-state index contributed by atoms with van der Waals surface area (Å²) in [6.45, 7) is 1.89. The summed E-state index contributed by atoms with van der Waals surface area (Å²) < 4.78 is 7.46. The number of allylic oxidation sites excluding steroid dienone is 4. The molecule has 0 saturated heterocycles. The lowest BCUT2D eigenvalue weighted by Gasteiger charge is -2.44. The van der Waals surface area contributed by atoms with Crippen LogP contribution in [0.5, 0.6) is 0 Å². The lowest BCUT2D eigenvalue weighted by molar-refractivity contribution is -0.384. The number of non-ortho nitro benzene ring substituents is 1. The number of nitrogens with zero attached hydrogens (tertiary/aromatic N) is 3. The van der Waals surface area contributed by atoms with E-state index in [1.165, 1.54) is 12.1 Å². The first-order valence-electron chi connectivity index (χ1n) is 14.1. The molecule has 40 heavy (non-hydrogen) atoms. The first kappa shape index (κ1) is 26.2. The Morgan fingerprint density at radius 2 is 1.57 bits per heavy atom. The molecule has 0 bridgehead atoms. The lowest BCUT2D eigenvalue weighted by Crippen LogP contribution is -2.39. The van der Waals surface area contributed by atoms with E-state index in [4.69, 9.17) is 4.74 Å². The molecule has 0 saturated carbocycles. The molecule has 1 aliphatic heterocycles. The van der Waals surface area contributed by atoms with Gasteiger partial charge in [0.25, 0.3) is 5.69 Å². The molecule has 3 aliphatic rings. The maximum absolute atomic E-state index is 13.7. The molecule has 0 unspecified atom stereocenters. The van der Waals surface area contributed by atoms with Crippen LogP contribution >= 0.6 is 0 Å². The minimum absolute atomic E-state index is 0.0598. The summed E-state index contributed by atoms with van der Waals surface area (Å²) in [6, 6.07) is 14.7. The molecule has 8 nitrogen and oxygen atoms in total. The summed E-state index contributed by atoms with van der Waals surface area (Å²) in [5.74, 6) is -0.104. The average Bonchev–Trinajstić information content (AvgIpc) is 3.31. The second kappa shape index (κ2) is 10.8. The number of carbonyl (C=O) groups is 2. The van der Waals surface area contributed by atoms with Crippen molar-refractivity contribution in [1.29, 1.82) is 0 Å². The smallest absolute Gasteiger partial charge is 0.269 e. The number of rotatable bonds is 8. The van der Waals surface area contributed by atoms with Crippen molar-refractivity contribution in [1.82, 2.24) is 9.47 Å². The Bertz CT molecular complexity index is 1520. The van der Waals surface area contributed by atoms with Crippen molar-refractivity contribution < 1.29 is 19.2 Å². The van der Waals surface area contributed by atoms with E-state index in [-0.39, 0.29) is 23.2 Å². The lowest BCUT2D eigenvalue weighted by atomic mass is 9.71. The van der Waals surface area contributed by atoms with E-state index in [0.717, 1.165) is 83.2 Å². The van der Waals surface area contributed by atoms with E-state index in [2.05, 4.69) is 27.8 Å². The number of aromatic nitrogens is 1. The summed E-state index contributed by atoms with van der Waals surface area (Å²) in [7, 11) is 1.70. The van der Waals surface area contributed by atoms with Crippen molar-refractivity contribution >= 4 is 28.2 Å². The van der Waals surface area contributed by atoms with Crippen molar-refractivity contribution in [3.8, 4) is 0 Å². The van der Waals surface area contributed by atoms with Gasteiger partial charge in [-0.1, -0.05) is 30.3 Å². The number of nitro benzene ring substituents is 1. The zero-order chi connectivity index (χ0) is 27.8. The third-order valence-corrected chi connectivity index (χ3v) is 8.45. The van der Waals surface area contributed by atoms with Gasteiger partial charge in [-0.25, -0.2) is 0 Å². The van der Waals surface area contributed by atoms with Gasteiger partial charge in [-0.15, -0.1) is 0 Å². The van der Waals surface area contributed by atoms with Gasteiger partial charge in [0.2, 0.25) is 0 Å². The first-order valence-corrected chi connectivity index (χ1v) is 14.1. The van der Waals surface area contributed by atoms with Gasteiger partial charge < -0.3 is 14.2 Å². The van der Waals surface area contributed by atoms with E-state index in [9.17, 15) is 19.7 Å². The minimum atomic E-state index is -0.395. The first-order chi connectivity index (χ1) is 19.5. The molecular weight excluding hydrogens is 506 g/mol. The Morgan fingerprint density at radius 1 is 0.925 bits per heavy atom. The van der Waals surface area contributed by atoms with Gasteiger partial charge in [0.15, 0.2) is 11.6 Å². The summed E-state index contributed by atoms with van der Waals surface area (Å²) >= 11 is 0. The maximum Gasteiger partial charge on any atom is 0.269 e. The molecule has 2 aliphatic carbocycles. The highest BCUT2D eigenvalue weighted by atomic mass is 16.6. The van der Waals surface area contributed by atoms with Crippen LogP contribution in [0.4, 0.5) is 5.69 Å². The van der Waals surface area contributed by atoms with Gasteiger partial charge in [0, 0.05) is 97.3 Å². The molecule has 0 amide bonds. The van der Waals surface area contributed by atoms with Crippen LogP contribution in [0.25, 0.3) is 10.9 Å². The van der Waals surface area contributed by atoms with E-state index in [1.807, 2.05) is 12.1 Å². The molecule has 8 heteroatoms. The van der Waals surface area contributed by atoms with Crippen LogP contribution in [0, 0.1) is 10.1 Å². The van der Waals surface area contributed by atoms with Gasteiger partial charge in [-0.2, -0.15) is 0 Å². The van der Waals surface area contributed by atoms with E-state index in [0.29, 0.717) is 26.0 Å². The fourth-order valence-electron chi connectivity index (χ4n) is 6.72. The number of ketones is 2. The van der Waals surface area contributed by atoms with Crippen LogP contribution in [0.1, 0.15) is 62.0 Å². The number of benzene rings is 2. The number of carbonyl (C=O) groups excluding carboxylic acids is 2. The van der Waals surface area contributed by atoms with E-state index in [1.54, 1.807) is 19.2 Å². The molecule has 0 spiro atoms. The Hall–Kier alpha value is -4.04. The quantitative estimate of drug-likeness (QED) is 0.197. The number of Topliss-reactive ketones (excluding diaryl/α,β-unsaturated/α-hetero) is 2. The highest BCUT2D eigenvalue weighted by Gasteiger charge is 2.44. The molecule has 206 valence electrons. The SMILES string of the molecule is COCCCN1C2=C(C(=O)CCC2)C(c2cn(Cc3ccc([N+](=O)[O-])cc3)c3ccccc23)C2=C1CCCC2=O. The molecule has 0 radical (unpaired) electrons. The second-order valence-electron chi connectivity index (χ2n) is 10.9. The van der Waals surface area contributed by atoms with Gasteiger partial charge >= 0.3 is 0 Å². The maximum atomic E-state index is 13.7. The highest BCUT2D eigenvalue weighted by Crippen LogP contribution is 2.50. The molecule has 2 heterocycles. The number of ether oxygens (including phenoxy) is 1. The van der Waals surface area contributed by atoms with Crippen molar-refractivity contribution in [3.63, 3.8) is 0 Å². The predicted octanol–water partition coefficient (Wildman–Crippen LogP) is 6.05. The number of hydrogen-bond acceptors (Lipinski definition) is 6. The monoisotopic (exact) mass is 539 g/mol. The van der Waals surface area contributed by atoms with E-state index >= 15 is 0 Å². The number of methoxy groups -OCH3 is 1. The summed E-state index contributed by atoms with van der Waals surface area (Å²) in [6.07, 6.45) is 7.22. The number of fused-ring (bicyclic) bond motifs is 1. The van der Waals surface area contributed by atoms with Gasteiger partial charge in [0.05, 0.1) is 4.92 Å². The van der Waals surface area contributed by atoms with Crippen molar-refractivity contribution in [2.24, 2.45) is 0 Å². The third-order valence-electron chi connectivity index (χ3n) is 8.45. The van der Waals surface area contributed by atoms with Crippen LogP contribution in [0.15, 0.2) is 77.3 Å². The van der Waals surface area contributed by atoms with Crippen molar-refractivity contribution in [2.45, 2.75) is 57.4 Å². The molecule has 2 aromatic carbocycles. The van der Waals surface area contributed by atoms with Crippen molar-refractivity contribution in [2.75, 3.05) is 20.3 Å². The summed E-state index contributed by atoms with van der Waals surface area (Å²) in [5.41, 5.74) is 6.73. The topological polar surface area (TPSA) is 94.7 Å². The predicted molar refractivity (Wildman–Crippen MR) is 152 cm³/mol. The fourth-order valence-corrected chi connectivity index (χ4v) is 6.72. The molecule has 3 aromatic rings. The Kier molecular flexibility index (Phi) is 7.11. The van der Waals surface area contributed by atoms with E-state index < -0.39 is 4.92 Å². The normalized spacial score (nSPS) is 18.0. The van der Waals surface area contributed by atoms with Gasteiger partial charge in [-0.05, 0) is 49.3 Å². The molecular formula is C32H33N3O5. The third kappa shape index (κ3) is 4.56. The average molecular weight is 540 g/mol. The Morgan fingerprint density at radius 3 is 2.20 bits per heavy atom. The number of hydrogen-bond donors (Lipinski definition) is 0. The summed E-state index contributed by atoms with van der Waals surface area (Å²) in [5, 5.41) is 12.2. The Labute approximate surface area is 233 Å². The molecule has 0 N–H and O–H groups in total. The molecule has 0 atom stereocenters. The largest absolute Gasteiger partial charge is 0.385 e. The van der Waals surface area contributed by atoms with Crippen LogP contribution in [0.3, 0.4) is 0 Å². The summed E-state index contributed by atoms with van der Waals surface area (Å²) in [4.78, 5) is 40.4. The number of para-hydroxylation sites is 1. The van der Waals surface area contributed by atoms with Crippen LogP contribution in [-0.4, -0.2) is 46.2 Å². The highest BCUT2D eigenvalue weighted by molar-refractivity contribution is 6.07. The van der Waals surface area contributed by atoms with Crippen LogP contribution < -0.4 is 0 Å². The second-order valence-corrected chi connectivity index (χ2v) is 10.9. The standard InChI is InChI=1S/C32H33N3O5/c1-40-18-6-17-34-26-9-4-11-28(36)31(26)30(32-27(34)10-5-12-29(32)37)24-20-33(25-8-3-2-7-23(24)25)19-21-13-15-22(16-14-21)35(38)39/h2-3,7-8,13-16,20,30H,4-6,9-12,17-19H2,1H3.